The van der Waals surface area contributed by atoms with E-state index >= 15 is 0 Å². The summed E-state index contributed by atoms with van der Waals surface area (Å²) in [5.74, 6) is 0.839. The Hall–Kier alpha value is -1.59. The molecule has 0 aliphatic heterocycles. The lowest BCUT2D eigenvalue weighted by Gasteiger charge is -1.96. The normalized spacial score (nSPS) is 10.7. The van der Waals surface area contributed by atoms with Crippen molar-refractivity contribution in [2.45, 2.75) is 10.8 Å². The van der Waals surface area contributed by atoms with Gasteiger partial charge in [-0.15, -0.1) is 23.1 Å². The molecule has 0 unspecified atom stereocenters. The van der Waals surface area contributed by atoms with Gasteiger partial charge in [0.25, 0.3) is 0 Å². The lowest BCUT2D eigenvalue weighted by atomic mass is 10.4. The molecule has 0 bridgehead atoms. The highest BCUT2D eigenvalue weighted by molar-refractivity contribution is 7.98. The average Bonchev–Trinajstić information content (AvgIpc) is 3.08. The minimum Gasteiger partial charge on any atom is -0.472 e. The fourth-order valence-electron chi connectivity index (χ4n) is 1.47. The number of thiazole rings is 1. The van der Waals surface area contributed by atoms with E-state index in [0.29, 0.717) is 0 Å². The Morgan fingerprint density at radius 3 is 3.06 bits per heavy atom. The molecule has 18 heavy (non-hydrogen) atoms. The van der Waals surface area contributed by atoms with Crippen molar-refractivity contribution in [1.82, 2.24) is 9.97 Å². The Morgan fingerprint density at radius 2 is 2.28 bits per heavy atom. The number of nitrogens with zero attached hydrogens (tertiary/aromatic N) is 2. The Labute approximate surface area is 113 Å². The van der Waals surface area contributed by atoms with Crippen molar-refractivity contribution < 1.29 is 4.42 Å². The van der Waals surface area contributed by atoms with E-state index in [0.717, 1.165) is 27.0 Å². The highest BCUT2D eigenvalue weighted by Gasteiger charge is 2.06. The van der Waals surface area contributed by atoms with Crippen LogP contribution < -0.4 is 0 Å². The summed E-state index contributed by atoms with van der Waals surface area (Å²) in [5, 5.41) is 4.11. The maximum absolute atomic E-state index is 5.06. The minimum atomic E-state index is 0.839. The van der Waals surface area contributed by atoms with E-state index in [-0.39, 0.29) is 0 Å². The SMILES string of the molecule is c1ccc(SCc2csc(-c3ccoc3)n2)nc1. The summed E-state index contributed by atoms with van der Waals surface area (Å²) in [7, 11) is 0. The van der Waals surface area contributed by atoms with Crippen molar-refractivity contribution in [3.05, 3.63) is 54.1 Å². The van der Waals surface area contributed by atoms with Crippen LogP contribution in [0.3, 0.4) is 0 Å². The van der Waals surface area contributed by atoms with Gasteiger partial charge in [-0.1, -0.05) is 6.07 Å². The molecular weight excluding hydrogens is 264 g/mol. The maximum Gasteiger partial charge on any atom is 0.126 e. The Kier molecular flexibility index (Phi) is 3.43. The van der Waals surface area contributed by atoms with Crippen LogP contribution in [0, 0.1) is 0 Å². The molecule has 3 nitrogen and oxygen atoms in total. The quantitative estimate of drug-likeness (QED) is 0.672. The molecule has 0 aliphatic carbocycles. The third kappa shape index (κ3) is 2.63. The summed E-state index contributed by atoms with van der Waals surface area (Å²) in [5.41, 5.74) is 2.11. The van der Waals surface area contributed by atoms with Crippen LogP contribution in [0.15, 0.2) is 57.8 Å². The first-order valence-corrected chi connectivity index (χ1v) is 7.29. The van der Waals surface area contributed by atoms with Crippen LogP contribution in [0.25, 0.3) is 10.6 Å². The van der Waals surface area contributed by atoms with Crippen LogP contribution in [0.4, 0.5) is 0 Å². The molecule has 0 N–H and O–H groups in total. The van der Waals surface area contributed by atoms with Crippen molar-refractivity contribution in [3.63, 3.8) is 0 Å². The summed E-state index contributed by atoms with van der Waals surface area (Å²) in [4.78, 5) is 8.85. The summed E-state index contributed by atoms with van der Waals surface area (Å²) < 4.78 is 5.06. The van der Waals surface area contributed by atoms with Crippen LogP contribution in [0.1, 0.15) is 5.69 Å². The number of furan rings is 1. The fraction of sp³-hybridized carbons (Fsp3) is 0.0769. The zero-order chi connectivity index (χ0) is 12.2. The standard InChI is InChI=1S/C13H10N2OS2/c1-2-5-14-12(3-1)17-8-11-9-18-13(15-11)10-4-6-16-7-10/h1-7,9H,8H2. The van der Waals surface area contributed by atoms with Gasteiger partial charge in [-0.25, -0.2) is 9.97 Å². The third-order valence-corrected chi connectivity index (χ3v) is 4.24. The van der Waals surface area contributed by atoms with E-state index in [2.05, 4.69) is 15.3 Å². The van der Waals surface area contributed by atoms with E-state index in [1.165, 1.54) is 0 Å². The second kappa shape index (κ2) is 5.37. The lowest BCUT2D eigenvalue weighted by Crippen LogP contribution is -1.82. The van der Waals surface area contributed by atoms with Gasteiger partial charge in [0.15, 0.2) is 0 Å². The molecule has 0 atom stereocenters. The predicted octanol–water partition coefficient (Wildman–Crippen LogP) is 4.09. The zero-order valence-electron chi connectivity index (χ0n) is 9.45. The molecule has 0 aromatic carbocycles. The summed E-state index contributed by atoms with van der Waals surface area (Å²) in [6, 6.07) is 7.85. The number of hydrogen-bond donors (Lipinski definition) is 0. The second-order valence-electron chi connectivity index (χ2n) is 3.61. The topological polar surface area (TPSA) is 38.9 Å². The maximum atomic E-state index is 5.06. The molecule has 3 aromatic heterocycles. The smallest absolute Gasteiger partial charge is 0.126 e. The first-order chi connectivity index (χ1) is 8.92. The van der Waals surface area contributed by atoms with Crippen molar-refractivity contribution >= 4 is 23.1 Å². The van der Waals surface area contributed by atoms with E-state index in [4.69, 9.17) is 4.42 Å². The van der Waals surface area contributed by atoms with Gasteiger partial charge in [-0.05, 0) is 18.2 Å². The van der Waals surface area contributed by atoms with E-state index in [1.807, 2.05) is 24.3 Å². The molecule has 3 heterocycles. The minimum absolute atomic E-state index is 0.839. The number of rotatable bonds is 4. The van der Waals surface area contributed by atoms with Crippen molar-refractivity contribution in [1.29, 1.82) is 0 Å². The van der Waals surface area contributed by atoms with Crippen LogP contribution in [0.2, 0.25) is 0 Å². The van der Waals surface area contributed by atoms with Gasteiger partial charge < -0.3 is 4.42 Å². The molecular formula is C13H10N2OS2. The van der Waals surface area contributed by atoms with Crippen molar-refractivity contribution in [2.24, 2.45) is 0 Å². The first-order valence-electron chi connectivity index (χ1n) is 5.42. The number of thioether (sulfide) groups is 1. The molecule has 0 spiro atoms. The number of aromatic nitrogens is 2. The lowest BCUT2D eigenvalue weighted by molar-refractivity contribution is 0.568. The van der Waals surface area contributed by atoms with Gasteiger partial charge in [0.2, 0.25) is 0 Å². The Morgan fingerprint density at radius 1 is 1.28 bits per heavy atom. The predicted molar refractivity (Wildman–Crippen MR) is 73.6 cm³/mol. The van der Waals surface area contributed by atoms with Gasteiger partial charge in [0.05, 0.1) is 17.0 Å². The van der Waals surface area contributed by atoms with Crippen molar-refractivity contribution in [2.75, 3.05) is 0 Å². The average molecular weight is 274 g/mol. The molecule has 3 rings (SSSR count). The zero-order valence-corrected chi connectivity index (χ0v) is 11.1. The van der Waals surface area contributed by atoms with Gasteiger partial charge >= 0.3 is 0 Å². The molecule has 5 heteroatoms. The second-order valence-corrected chi connectivity index (χ2v) is 5.47. The van der Waals surface area contributed by atoms with E-state index in [1.54, 1.807) is 41.8 Å². The highest BCUT2D eigenvalue weighted by Crippen LogP contribution is 2.27. The van der Waals surface area contributed by atoms with Crippen LogP contribution in [-0.4, -0.2) is 9.97 Å². The molecule has 90 valence electrons. The number of pyridine rings is 1. The molecule has 0 saturated carbocycles. The van der Waals surface area contributed by atoms with Gasteiger partial charge in [0.1, 0.15) is 11.3 Å². The Balaban J connectivity index is 1.68. The summed E-state index contributed by atoms with van der Waals surface area (Å²) in [6.07, 6.45) is 5.19. The fourth-order valence-corrected chi connectivity index (χ4v) is 3.14. The van der Waals surface area contributed by atoms with Crippen LogP contribution >= 0.6 is 23.1 Å². The Bertz CT molecular complexity index is 605. The third-order valence-electron chi connectivity index (χ3n) is 2.33. The van der Waals surface area contributed by atoms with Crippen LogP contribution in [-0.2, 0) is 5.75 Å². The molecule has 0 amide bonds. The molecule has 0 radical (unpaired) electrons. The van der Waals surface area contributed by atoms with E-state index in [9.17, 15) is 0 Å². The molecule has 0 fully saturated rings. The van der Waals surface area contributed by atoms with Gasteiger partial charge in [0, 0.05) is 22.9 Å². The van der Waals surface area contributed by atoms with Crippen molar-refractivity contribution in [3.8, 4) is 10.6 Å². The molecule has 0 aliphatic rings. The van der Waals surface area contributed by atoms with Gasteiger partial charge in [-0.2, -0.15) is 0 Å². The molecule has 3 aromatic rings. The first kappa shape index (κ1) is 11.5. The monoisotopic (exact) mass is 274 g/mol. The summed E-state index contributed by atoms with van der Waals surface area (Å²) >= 11 is 3.33. The summed E-state index contributed by atoms with van der Waals surface area (Å²) in [6.45, 7) is 0. The molecule has 0 saturated heterocycles. The highest BCUT2D eigenvalue weighted by atomic mass is 32.2. The van der Waals surface area contributed by atoms with Crippen LogP contribution in [0.5, 0.6) is 0 Å². The van der Waals surface area contributed by atoms with E-state index < -0.39 is 0 Å². The van der Waals surface area contributed by atoms with Gasteiger partial charge in [-0.3, -0.25) is 0 Å². The number of hydrogen-bond acceptors (Lipinski definition) is 5. The largest absolute Gasteiger partial charge is 0.472 e.